The van der Waals surface area contributed by atoms with Crippen molar-refractivity contribution in [2.24, 2.45) is 5.92 Å². The zero-order valence-corrected chi connectivity index (χ0v) is 5.30. The molecule has 2 aliphatic rings. The highest BCUT2D eigenvalue weighted by molar-refractivity contribution is 5.08. The van der Waals surface area contributed by atoms with Gasteiger partial charge in [-0.2, -0.15) is 0 Å². The first kappa shape index (κ1) is 5.45. The Morgan fingerprint density at radius 1 is 1.44 bits per heavy atom. The van der Waals surface area contributed by atoms with Crippen LogP contribution in [-0.4, -0.2) is 19.0 Å². The first-order valence-electron chi connectivity index (χ1n) is 3.28. The normalized spacial score (nSPS) is 37.1. The molecule has 0 aromatic heterocycles. The fourth-order valence-electron chi connectivity index (χ4n) is 1.31. The molecule has 0 radical (unpaired) electrons. The molecule has 1 spiro atoms. The van der Waals surface area contributed by atoms with Gasteiger partial charge >= 0.3 is 0 Å². The molecular weight excluding hydrogens is 116 g/mol. The Balaban J connectivity index is 2.04. The van der Waals surface area contributed by atoms with E-state index in [-0.39, 0.29) is 5.79 Å². The summed E-state index contributed by atoms with van der Waals surface area (Å²) in [4.78, 5) is 0. The molecule has 1 aliphatic heterocycles. The van der Waals surface area contributed by atoms with E-state index in [1.165, 1.54) is 0 Å². The first-order chi connectivity index (χ1) is 4.37. The summed E-state index contributed by atoms with van der Waals surface area (Å²) in [6.45, 7) is 5.19. The maximum atomic E-state index is 5.36. The van der Waals surface area contributed by atoms with Crippen molar-refractivity contribution in [2.45, 2.75) is 12.2 Å². The van der Waals surface area contributed by atoms with Crippen molar-refractivity contribution >= 4 is 0 Å². The molecule has 1 saturated carbocycles. The molecule has 1 heterocycles. The molecule has 2 fully saturated rings. The lowest BCUT2D eigenvalue weighted by atomic mass is 10.4. The lowest BCUT2D eigenvalue weighted by Crippen LogP contribution is -2.10. The van der Waals surface area contributed by atoms with Gasteiger partial charge in [-0.05, 0) is 0 Å². The van der Waals surface area contributed by atoms with Gasteiger partial charge in [-0.1, -0.05) is 6.08 Å². The largest absolute Gasteiger partial charge is 0.347 e. The van der Waals surface area contributed by atoms with Crippen LogP contribution >= 0.6 is 0 Å². The van der Waals surface area contributed by atoms with E-state index in [0.29, 0.717) is 5.92 Å². The maximum absolute atomic E-state index is 5.36. The van der Waals surface area contributed by atoms with E-state index in [9.17, 15) is 0 Å². The van der Waals surface area contributed by atoms with Crippen molar-refractivity contribution < 1.29 is 9.47 Å². The van der Waals surface area contributed by atoms with Crippen molar-refractivity contribution in [3.8, 4) is 0 Å². The van der Waals surface area contributed by atoms with Crippen LogP contribution in [0.3, 0.4) is 0 Å². The van der Waals surface area contributed by atoms with Crippen LogP contribution in [0, 0.1) is 5.92 Å². The summed E-state index contributed by atoms with van der Waals surface area (Å²) in [7, 11) is 0. The summed E-state index contributed by atoms with van der Waals surface area (Å²) < 4.78 is 10.7. The van der Waals surface area contributed by atoms with E-state index in [4.69, 9.17) is 9.47 Å². The average molecular weight is 126 g/mol. The van der Waals surface area contributed by atoms with Crippen molar-refractivity contribution in [3.63, 3.8) is 0 Å². The molecule has 0 bridgehead atoms. The Morgan fingerprint density at radius 2 is 2.11 bits per heavy atom. The second-order valence-electron chi connectivity index (χ2n) is 2.56. The third kappa shape index (κ3) is 0.635. The molecule has 0 aromatic carbocycles. The van der Waals surface area contributed by atoms with Crippen molar-refractivity contribution in [3.05, 3.63) is 12.7 Å². The lowest BCUT2D eigenvalue weighted by molar-refractivity contribution is -0.0770. The van der Waals surface area contributed by atoms with Crippen LogP contribution in [0.2, 0.25) is 0 Å². The van der Waals surface area contributed by atoms with Gasteiger partial charge in [0.1, 0.15) is 0 Å². The van der Waals surface area contributed by atoms with Gasteiger partial charge in [-0.15, -0.1) is 6.58 Å². The van der Waals surface area contributed by atoms with Gasteiger partial charge < -0.3 is 9.47 Å². The maximum Gasteiger partial charge on any atom is 0.175 e. The first-order valence-corrected chi connectivity index (χ1v) is 3.28. The van der Waals surface area contributed by atoms with E-state index in [0.717, 1.165) is 19.6 Å². The third-order valence-corrected chi connectivity index (χ3v) is 1.97. The summed E-state index contributed by atoms with van der Waals surface area (Å²) in [5.74, 6) is 0.252. The predicted octanol–water partition coefficient (Wildman–Crippen LogP) is 0.935. The van der Waals surface area contributed by atoms with Crippen molar-refractivity contribution in [2.75, 3.05) is 13.2 Å². The zero-order chi connectivity index (χ0) is 6.32. The Kier molecular flexibility index (Phi) is 0.957. The highest BCUT2D eigenvalue weighted by Crippen LogP contribution is 2.50. The van der Waals surface area contributed by atoms with Gasteiger partial charge in [0.25, 0.3) is 0 Å². The second-order valence-corrected chi connectivity index (χ2v) is 2.56. The van der Waals surface area contributed by atoms with Crippen LogP contribution < -0.4 is 0 Å². The van der Waals surface area contributed by atoms with Gasteiger partial charge in [-0.3, -0.25) is 0 Å². The summed E-state index contributed by atoms with van der Waals surface area (Å²) in [5.41, 5.74) is 0. The molecule has 1 saturated heterocycles. The standard InChI is InChI=1S/C7H10O2/c1-2-6-5-7(6)8-3-4-9-7/h2,6H,1,3-5H2. The number of hydrogen-bond donors (Lipinski definition) is 0. The van der Waals surface area contributed by atoms with Gasteiger partial charge in [0, 0.05) is 12.3 Å². The van der Waals surface area contributed by atoms with Crippen LogP contribution in [0.15, 0.2) is 12.7 Å². The summed E-state index contributed by atoms with van der Waals surface area (Å²) in [5, 5.41) is 0. The van der Waals surface area contributed by atoms with E-state index in [1.54, 1.807) is 0 Å². The Labute approximate surface area is 54.5 Å². The Bertz CT molecular complexity index is 136. The van der Waals surface area contributed by atoms with Crippen LogP contribution in [0.25, 0.3) is 0 Å². The quantitative estimate of drug-likeness (QED) is 0.487. The monoisotopic (exact) mass is 126 g/mol. The van der Waals surface area contributed by atoms with E-state index in [2.05, 4.69) is 6.58 Å². The second kappa shape index (κ2) is 1.58. The molecule has 50 valence electrons. The minimum absolute atomic E-state index is 0.207. The number of ether oxygens (including phenoxy) is 2. The molecule has 0 N–H and O–H groups in total. The molecule has 2 rings (SSSR count). The highest BCUT2D eigenvalue weighted by atomic mass is 16.7. The van der Waals surface area contributed by atoms with Crippen LogP contribution in [0.4, 0.5) is 0 Å². The van der Waals surface area contributed by atoms with Crippen molar-refractivity contribution in [1.82, 2.24) is 0 Å². The number of rotatable bonds is 1. The minimum atomic E-state index is -0.207. The molecular formula is C7H10O2. The lowest BCUT2D eigenvalue weighted by Gasteiger charge is -2.04. The van der Waals surface area contributed by atoms with Crippen LogP contribution in [-0.2, 0) is 9.47 Å². The molecule has 2 nitrogen and oxygen atoms in total. The smallest absolute Gasteiger partial charge is 0.175 e. The molecule has 1 unspecified atom stereocenters. The molecule has 9 heavy (non-hydrogen) atoms. The van der Waals surface area contributed by atoms with Crippen LogP contribution in [0.5, 0.6) is 0 Å². The van der Waals surface area contributed by atoms with Crippen LogP contribution in [0.1, 0.15) is 6.42 Å². The molecule has 2 heteroatoms. The van der Waals surface area contributed by atoms with Gasteiger partial charge in [0.2, 0.25) is 0 Å². The summed E-state index contributed by atoms with van der Waals surface area (Å²) in [6.07, 6.45) is 2.92. The highest BCUT2D eigenvalue weighted by Gasteiger charge is 2.57. The molecule has 0 amide bonds. The molecule has 0 aromatic rings. The topological polar surface area (TPSA) is 18.5 Å². The average Bonchev–Trinajstić information content (AvgIpc) is 2.30. The van der Waals surface area contributed by atoms with Gasteiger partial charge in [0.15, 0.2) is 5.79 Å². The number of hydrogen-bond acceptors (Lipinski definition) is 2. The summed E-state index contributed by atoms with van der Waals surface area (Å²) >= 11 is 0. The van der Waals surface area contributed by atoms with Crippen molar-refractivity contribution in [1.29, 1.82) is 0 Å². The summed E-state index contributed by atoms with van der Waals surface area (Å²) in [6, 6.07) is 0. The van der Waals surface area contributed by atoms with E-state index >= 15 is 0 Å². The fraction of sp³-hybridized carbons (Fsp3) is 0.714. The minimum Gasteiger partial charge on any atom is -0.347 e. The fourth-order valence-corrected chi connectivity index (χ4v) is 1.31. The third-order valence-electron chi connectivity index (χ3n) is 1.97. The SMILES string of the molecule is C=CC1CC12OCCO2. The molecule has 1 atom stereocenters. The molecule has 1 aliphatic carbocycles. The predicted molar refractivity (Wildman–Crippen MR) is 32.9 cm³/mol. The van der Waals surface area contributed by atoms with E-state index in [1.807, 2.05) is 6.08 Å². The van der Waals surface area contributed by atoms with E-state index < -0.39 is 0 Å². The Morgan fingerprint density at radius 3 is 2.56 bits per heavy atom. The Hall–Kier alpha value is -0.340. The van der Waals surface area contributed by atoms with Gasteiger partial charge in [0.05, 0.1) is 13.2 Å². The van der Waals surface area contributed by atoms with Gasteiger partial charge in [-0.25, -0.2) is 0 Å². The zero-order valence-electron chi connectivity index (χ0n) is 5.30.